The van der Waals surface area contributed by atoms with E-state index in [0.717, 1.165) is 0 Å². The topological polar surface area (TPSA) is 124 Å². The first-order chi connectivity index (χ1) is 13.4. The second-order valence-corrected chi connectivity index (χ2v) is 7.54. The lowest BCUT2D eigenvalue weighted by atomic mass is 10.2. The lowest BCUT2D eigenvalue weighted by Gasteiger charge is -2.10. The summed E-state index contributed by atoms with van der Waals surface area (Å²) < 4.78 is 37.0. The molecule has 1 unspecified atom stereocenters. The van der Waals surface area contributed by atoms with E-state index in [9.17, 15) is 13.2 Å². The third-order valence-electron chi connectivity index (χ3n) is 3.71. The molecule has 1 aromatic carbocycles. The molecule has 0 saturated carbocycles. The molecule has 1 atom stereocenters. The number of hydrogen-bond acceptors (Lipinski definition) is 8. The molecule has 3 rings (SSSR count). The first-order valence-electron chi connectivity index (χ1n) is 8.45. The van der Waals surface area contributed by atoms with E-state index in [4.69, 9.17) is 9.26 Å². The Labute approximate surface area is 161 Å². The predicted molar refractivity (Wildman–Crippen MR) is 98.7 cm³/mol. The maximum Gasteiger partial charge on any atom is 0.338 e. The summed E-state index contributed by atoms with van der Waals surface area (Å²) in [6, 6.07) is 9.10. The van der Waals surface area contributed by atoms with Gasteiger partial charge in [0, 0.05) is 24.5 Å². The van der Waals surface area contributed by atoms with Crippen LogP contribution in [0.5, 0.6) is 0 Å². The van der Waals surface area contributed by atoms with Crippen LogP contribution in [0.15, 0.2) is 58.2 Å². The summed E-state index contributed by atoms with van der Waals surface area (Å²) in [4.78, 5) is 20.6. The molecule has 28 heavy (non-hydrogen) atoms. The van der Waals surface area contributed by atoms with Crippen molar-refractivity contribution in [1.82, 2.24) is 19.8 Å². The standard InChI is InChI=1S/C18H18N4O5S/c1-3-20-28(24,25)15-8-4-6-13(10-15)18(23)26-12(2)17-21-16(22-27-17)14-7-5-9-19-11-14/h4-12,20H,3H2,1-2H3. The van der Waals surface area contributed by atoms with E-state index in [2.05, 4.69) is 19.8 Å². The minimum Gasteiger partial charge on any atom is -0.449 e. The van der Waals surface area contributed by atoms with E-state index in [0.29, 0.717) is 11.4 Å². The molecule has 0 aliphatic carbocycles. The summed E-state index contributed by atoms with van der Waals surface area (Å²) in [6.07, 6.45) is 2.39. The number of benzene rings is 1. The fourth-order valence-electron chi connectivity index (χ4n) is 2.36. The second kappa shape index (κ2) is 8.28. The molecule has 146 valence electrons. The zero-order valence-corrected chi connectivity index (χ0v) is 16.0. The first kappa shape index (κ1) is 19.6. The number of esters is 1. The maximum atomic E-state index is 12.4. The van der Waals surface area contributed by atoms with Gasteiger partial charge in [-0.15, -0.1) is 0 Å². The number of nitrogens with zero attached hydrogens (tertiary/aromatic N) is 3. The molecular formula is C18H18N4O5S. The van der Waals surface area contributed by atoms with E-state index in [1.165, 1.54) is 24.3 Å². The van der Waals surface area contributed by atoms with Gasteiger partial charge in [-0.05, 0) is 37.3 Å². The number of ether oxygens (including phenoxy) is 1. The Bertz CT molecular complexity index is 1070. The smallest absolute Gasteiger partial charge is 0.338 e. The van der Waals surface area contributed by atoms with Crippen LogP contribution in [0.3, 0.4) is 0 Å². The van der Waals surface area contributed by atoms with E-state index in [-0.39, 0.29) is 22.9 Å². The zero-order valence-electron chi connectivity index (χ0n) is 15.2. The summed E-state index contributed by atoms with van der Waals surface area (Å²) in [6.45, 7) is 3.49. The van der Waals surface area contributed by atoms with Crippen LogP contribution in [0.25, 0.3) is 11.4 Å². The lowest BCUT2D eigenvalue weighted by molar-refractivity contribution is 0.0265. The molecule has 10 heteroatoms. The van der Waals surface area contributed by atoms with E-state index >= 15 is 0 Å². The summed E-state index contributed by atoms with van der Waals surface area (Å²) in [7, 11) is -3.68. The molecule has 0 bridgehead atoms. The quantitative estimate of drug-likeness (QED) is 0.597. The van der Waals surface area contributed by atoms with Crippen LogP contribution in [-0.4, -0.2) is 36.1 Å². The minimum atomic E-state index is -3.68. The van der Waals surface area contributed by atoms with Gasteiger partial charge in [-0.1, -0.05) is 18.1 Å². The molecule has 2 aromatic heterocycles. The van der Waals surface area contributed by atoms with Gasteiger partial charge in [0.25, 0.3) is 5.89 Å². The minimum absolute atomic E-state index is 0.0203. The van der Waals surface area contributed by atoms with Crippen LogP contribution >= 0.6 is 0 Å². The Hall–Kier alpha value is -3.11. The average molecular weight is 402 g/mol. The predicted octanol–water partition coefficient (Wildman–Crippen LogP) is 2.35. The summed E-state index contributed by atoms with van der Waals surface area (Å²) in [5.41, 5.74) is 0.759. The van der Waals surface area contributed by atoms with Crippen LogP contribution in [0.4, 0.5) is 0 Å². The van der Waals surface area contributed by atoms with Crippen LogP contribution in [0.1, 0.15) is 36.2 Å². The van der Waals surface area contributed by atoms with Crippen molar-refractivity contribution in [1.29, 1.82) is 0 Å². The van der Waals surface area contributed by atoms with E-state index < -0.39 is 22.1 Å². The highest BCUT2D eigenvalue weighted by Crippen LogP contribution is 2.21. The van der Waals surface area contributed by atoms with Crippen molar-refractivity contribution in [3.8, 4) is 11.4 Å². The van der Waals surface area contributed by atoms with Crippen molar-refractivity contribution in [2.24, 2.45) is 0 Å². The molecule has 0 fully saturated rings. The fraction of sp³-hybridized carbons (Fsp3) is 0.222. The van der Waals surface area contributed by atoms with Crippen LogP contribution in [-0.2, 0) is 14.8 Å². The summed E-state index contributed by atoms with van der Waals surface area (Å²) >= 11 is 0. The van der Waals surface area contributed by atoms with Crippen molar-refractivity contribution in [2.45, 2.75) is 24.8 Å². The van der Waals surface area contributed by atoms with Gasteiger partial charge in [0.15, 0.2) is 6.10 Å². The van der Waals surface area contributed by atoms with Gasteiger partial charge in [-0.25, -0.2) is 17.9 Å². The number of pyridine rings is 1. The van der Waals surface area contributed by atoms with Crippen molar-refractivity contribution in [2.75, 3.05) is 6.54 Å². The Kier molecular flexibility index (Phi) is 5.81. The highest BCUT2D eigenvalue weighted by Gasteiger charge is 2.21. The number of hydrogen-bond donors (Lipinski definition) is 1. The Balaban J connectivity index is 1.74. The molecule has 9 nitrogen and oxygen atoms in total. The van der Waals surface area contributed by atoms with Crippen molar-refractivity contribution >= 4 is 16.0 Å². The number of nitrogens with one attached hydrogen (secondary N) is 1. The lowest BCUT2D eigenvalue weighted by Crippen LogP contribution is -2.23. The number of carbonyl (C=O) groups excluding carboxylic acids is 1. The largest absolute Gasteiger partial charge is 0.449 e. The van der Waals surface area contributed by atoms with Gasteiger partial charge in [-0.2, -0.15) is 4.98 Å². The molecule has 1 N–H and O–H groups in total. The van der Waals surface area contributed by atoms with Crippen molar-refractivity contribution in [3.05, 3.63) is 60.2 Å². The normalized spacial score (nSPS) is 12.5. The van der Waals surface area contributed by atoms with Crippen LogP contribution in [0.2, 0.25) is 0 Å². The monoisotopic (exact) mass is 402 g/mol. The van der Waals surface area contributed by atoms with Gasteiger partial charge >= 0.3 is 5.97 Å². The van der Waals surface area contributed by atoms with Gasteiger partial charge < -0.3 is 9.26 Å². The van der Waals surface area contributed by atoms with Crippen molar-refractivity contribution < 1.29 is 22.5 Å². The number of rotatable bonds is 7. The highest BCUT2D eigenvalue weighted by atomic mass is 32.2. The highest BCUT2D eigenvalue weighted by molar-refractivity contribution is 7.89. The number of sulfonamides is 1. The zero-order chi connectivity index (χ0) is 20.1. The third kappa shape index (κ3) is 4.41. The van der Waals surface area contributed by atoms with Gasteiger partial charge in [0.05, 0.1) is 10.5 Å². The molecule has 0 saturated heterocycles. The molecule has 0 aliphatic heterocycles. The van der Waals surface area contributed by atoms with Crippen LogP contribution in [0, 0.1) is 0 Å². The maximum absolute atomic E-state index is 12.4. The van der Waals surface area contributed by atoms with Gasteiger partial charge in [-0.3, -0.25) is 4.98 Å². The number of aromatic nitrogens is 3. The summed E-state index contributed by atoms with van der Waals surface area (Å²) in [5, 5.41) is 3.85. The second-order valence-electron chi connectivity index (χ2n) is 5.77. The molecule has 0 radical (unpaired) electrons. The Morgan fingerprint density at radius 2 is 2.11 bits per heavy atom. The first-order valence-corrected chi connectivity index (χ1v) is 9.93. The fourth-order valence-corrected chi connectivity index (χ4v) is 3.44. The molecule has 2 heterocycles. The molecule has 0 amide bonds. The summed E-state index contributed by atoms with van der Waals surface area (Å²) in [5.74, 6) is -0.268. The van der Waals surface area contributed by atoms with E-state index in [1.807, 2.05) is 0 Å². The molecular weight excluding hydrogens is 384 g/mol. The van der Waals surface area contributed by atoms with Crippen LogP contribution < -0.4 is 4.72 Å². The molecule has 3 aromatic rings. The SMILES string of the molecule is CCNS(=O)(=O)c1cccc(C(=O)OC(C)c2nc(-c3cccnc3)no2)c1. The molecule has 0 spiro atoms. The Morgan fingerprint density at radius 1 is 1.29 bits per heavy atom. The van der Waals surface area contributed by atoms with Crippen molar-refractivity contribution in [3.63, 3.8) is 0 Å². The van der Waals surface area contributed by atoms with E-state index in [1.54, 1.807) is 38.4 Å². The Morgan fingerprint density at radius 3 is 2.82 bits per heavy atom. The van der Waals surface area contributed by atoms with Gasteiger partial charge in [0.1, 0.15) is 0 Å². The number of carbonyl (C=O) groups is 1. The van der Waals surface area contributed by atoms with Gasteiger partial charge in [0.2, 0.25) is 15.8 Å². The third-order valence-corrected chi connectivity index (χ3v) is 5.25. The average Bonchev–Trinajstić information content (AvgIpc) is 3.19. The molecule has 0 aliphatic rings.